The lowest BCUT2D eigenvalue weighted by Crippen LogP contribution is -2.44. The van der Waals surface area contributed by atoms with E-state index in [1.807, 2.05) is 85.0 Å². The third-order valence-electron chi connectivity index (χ3n) is 8.05. The van der Waals surface area contributed by atoms with E-state index >= 15 is 0 Å². The summed E-state index contributed by atoms with van der Waals surface area (Å²) in [6, 6.07) is 22.5. The molecule has 6 rings (SSSR count). The van der Waals surface area contributed by atoms with Crippen LogP contribution in [0.25, 0.3) is 12.2 Å². The van der Waals surface area contributed by atoms with Crippen molar-refractivity contribution in [3.8, 4) is 0 Å². The normalized spacial score (nSPS) is 16.8. The van der Waals surface area contributed by atoms with Crippen LogP contribution in [0.4, 0.5) is 11.4 Å². The van der Waals surface area contributed by atoms with Crippen molar-refractivity contribution in [2.24, 2.45) is 0 Å². The first-order chi connectivity index (χ1) is 23.4. The van der Waals surface area contributed by atoms with Gasteiger partial charge in [0, 0.05) is 48.7 Å². The smallest absolute Gasteiger partial charge is 0.251 e. The number of amides is 4. The van der Waals surface area contributed by atoms with Crippen LogP contribution in [0.5, 0.6) is 0 Å². The number of anilines is 2. The molecular formula is C38H34N6O4. The van der Waals surface area contributed by atoms with Gasteiger partial charge in [-0.25, -0.2) is 0 Å². The molecule has 4 heterocycles. The number of rotatable bonds is 10. The summed E-state index contributed by atoms with van der Waals surface area (Å²) in [5, 5.41) is 5.82. The van der Waals surface area contributed by atoms with Gasteiger partial charge in [-0.3, -0.25) is 29.1 Å². The lowest BCUT2D eigenvalue weighted by Gasteiger charge is -2.24. The molecule has 0 bridgehead atoms. The molecule has 2 aliphatic rings. The average molecular weight is 639 g/mol. The van der Waals surface area contributed by atoms with Gasteiger partial charge in [-0.05, 0) is 59.2 Å². The van der Waals surface area contributed by atoms with Gasteiger partial charge in [0.05, 0.1) is 12.8 Å². The molecule has 0 unspecified atom stereocenters. The van der Waals surface area contributed by atoms with Crippen LogP contribution in [0.3, 0.4) is 0 Å². The molecule has 0 saturated carbocycles. The fourth-order valence-electron chi connectivity index (χ4n) is 5.53. The van der Waals surface area contributed by atoms with Gasteiger partial charge in [0.15, 0.2) is 0 Å². The van der Waals surface area contributed by atoms with Gasteiger partial charge in [0.25, 0.3) is 11.8 Å². The minimum atomic E-state index is -0.679. The van der Waals surface area contributed by atoms with E-state index in [-0.39, 0.29) is 36.5 Å². The average Bonchev–Trinajstić information content (AvgIpc) is 3.81. The van der Waals surface area contributed by atoms with Crippen LogP contribution in [0.15, 0.2) is 122 Å². The standard InChI is InChI=1S/C38H34N6O4/c45-35(24-29-6-3-20-39-26-29)43-22-4-8-33(43)37(47)41-30-16-12-27(13-17-30)10-11-28-14-18-31(19-15-28)42-38(48)34-9-5-23-44(34)36(46)25-32-7-1-2-21-40-32/h1-21,26,33-34H,22-25H2,(H,41,47)(H,42,48)/t33-,34-/m0/s1. The molecule has 0 fully saturated rings. The highest BCUT2D eigenvalue weighted by Crippen LogP contribution is 2.19. The molecule has 4 amide bonds. The Kier molecular flexibility index (Phi) is 9.91. The summed E-state index contributed by atoms with van der Waals surface area (Å²) >= 11 is 0. The summed E-state index contributed by atoms with van der Waals surface area (Å²) in [5.41, 5.74) is 4.59. The first-order valence-electron chi connectivity index (χ1n) is 15.6. The van der Waals surface area contributed by atoms with E-state index in [0.717, 1.165) is 16.7 Å². The third kappa shape index (κ3) is 7.97. The molecule has 240 valence electrons. The van der Waals surface area contributed by atoms with E-state index in [4.69, 9.17) is 0 Å². The SMILES string of the molecule is O=C(Nc1ccc(C=Cc2ccc(NC(=O)[C@@H]3C=CCN3C(=O)Cc3ccccn3)cc2)cc1)[C@@H]1C=CCN1C(=O)Cc1cccnc1. The molecule has 48 heavy (non-hydrogen) atoms. The summed E-state index contributed by atoms with van der Waals surface area (Å²) < 4.78 is 0. The van der Waals surface area contributed by atoms with E-state index in [0.29, 0.717) is 30.2 Å². The molecule has 0 spiro atoms. The summed E-state index contributed by atoms with van der Waals surface area (Å²) in [4.78, 5) is 63.1. The number of benzene rings is 2. The fraction of sp³-hybridized carbons (Fsp3) is 0.158. The van der Waals surface area contributed by atoms with E-state index in [1.165, 1.54) is 0 Å². The van der Waals surface area contributed by atoms with Gasteiger partial charge < -0.3 is 20.4 Å². The number of nitrogens with zero attached hydrogens (tertiary/aromatic N) is 4. The topological polar surface area (TPSA) is 125 Å². The highest BCUT2D eigenvalue weighted by atomic mass is 16.2. The van der Waals surface area contributed by atoms with Crippen LogP contribution in [0, 0.1) is 0 Å². The molecule has 2 aromatic carbocycles. The second-order valence-electron chi connectivity index (χ2n) is 11.4. The molecule has 0 aliphatic carbocycles. The highest BCUT2D eigenvalue weighted by molar-refractivity contribution is 6.00. The number of hydrogen-bond acceptors (Lipinski definition) is 6. The van der Waals surface area contributed by atoms with Crippen LogP contribution < -0.4 is 10.6 Å². The molecule has 2 atom stereocenters. The Morgan fingerprint density at radius 2 is 1.23 bits per heavy atom. The first-order valence-corrected chi connectivity index (χ1v) is 15.6. The van der Waals surface area contributed by atoms with E-state index in [9.17, 15) is 19.2 Å². The molecule has 2 aromatic heterocycles. The van der Waals surface area contributed by atoms with Crippen molar-refractivity contribution < 1.29 is 19.2 Å². The predicted molar refractivity (Wildman–Crippen MR) is 184 cm³/mol. The molecular weight excluding hydrogens is 604 g/mol. The van der Waals surface area contributed by atoms with Gasteiger partial charge >= 0.3 is 0 Å². The predicted octanol–water partition coefficient (Wildman–Crippen LogP) is 4.54. The van der Waals surface area contributed by atoms with Crippen molar-refractivity contribution >= 4 is 47.2 Å². The molecule has 2 N–H and O–H groups in total. The maximum atomic E-state index is 13.0. The molecule has 4 aromatic rings. The van der Waals surface area contributed by atoms with Crippen molar-refractivity contribution in [1.29, 1.82) is 0 Å². The summed E-state index contributed by atoms with van der Waals surface area (Å²) in [5.74, 6) is -0.838. The summed E-state index contributed by atoms with van der Waals surface area (Å²) in [7, 11) is 0. The quantitative estimate of drug-likeness (QED) is 0.194. The maximum absolute atomic E-state index is 13.0. The van der Waals surface area contributed by atoms with Gasteiger partial charge in [0.2, 0.25) is 11.8 Å². The van der Waals surface area contributed by atoms with Crippen LogP contribution in [0.1, 0.15) is 22.4 Å². The maximum Gasteiger partial charge on any atom is 0.251 e. The number of nitrogens with one attached hydrogen (secondary N) is 2. The Balaban J connectivity index is 0.988. The van der Waals surface area contributed by atoms with E-state index in [2.05, 4.69) is 20.6 Å². The summed E-state index contributed by atoms with van der Waals surface area (Å²) in [6.45, 7) is 0.769. The van der Waals surface area contributed by atoms with Gasteiger partial charge in [-0.15, -0.1) is 0 Å². The van der Waals surface area contributed by atoms with Gasteiger partial charge in [-0.1, -0.05) is 72.9 Å². The first kappa shape index (κ1) is 31.8. The molecule has 0 radical (unpaired) electrons. The Bertz CT molecular complexity index is 1720. The van der Waals surface area contributed by atoms with Crippen molar-refractivity contribution in [2.45, 2.75) is 24.9 Å². The highest BCUT2D eigenvalue weighted by Gasteiger charge is 2.31. The largest absolute Gasteiger partial charge is 0.324 e. The second-order valence-corrected chi connectivity index (χ2v) is 11.4. The second kappa shape index (κ2) is 15.0. The number of hydrogen-bond donors (Lipinski definition) is 2. The minimum Gasteiger partial charge on any atom is -0.324 e. The van der Waals surface area contributed by atoms with Crippen LogP contribution in [-0.4, -0.2) is 68.6 Å². The van der Waals surface area contributed by atoms with Crippen LogP contribution in [-0.2, 0) is 32.0 Å². The minimum absolute atomic E-state index is 0.134. The number of pyridine rings is 2. The summed E-state index contributed by atoms with van der Waals surface area (Å²) in [6.07, 6.45) is 16.3. The van der Waals surface area contributed by atoms with Gasteiger partial charge in [-0.2, -0.15) is 0 Å². The van der Waals surface area contributed by atoms with Crippen molar-refractivity contribution in [1.82, 2.24) is 19.8 Å². The number of aromatic nitrogens is 2. The molecule has 10 heteroatoms. The number of carbonyl (C=O) groups excluding carboxylic acids is 4. The van der Waals surface area contributed by atoms with Crippen molar-refractivity contribution in [2.75, 3.05) is 23.7 Å². The van der Waals surface area contributed by atoms with E-state index < -0.39 is 12.1 Å². The molecule has 2 aliphatic heterocycles. The number of carbonyl (C=O) groups is 4. The lowest BCUT2D eigenvalue weighted by atomic mass is 10.1. The van der Waals surface area contributed by atoms with Gasteiger partial charge in [0.1, 0.15) is 12.1 Å². The zero-order valence-electron chi connectivity index (χ0n) is 26.1. The third-order valence-corrected chi connectivity index (χ3v) is 8.05. The lowest BCUT2D eigenvalue weighted by molar-refractivity contribution is -0.135. The Labute approximate surface area is 278 Å². The zero-order chi connectivity index (χ0) is 33.3. The van der Waals surface area contributed by atoms with Crippen LogP contribution >= 0.6 is 0 Å². The Hall–Kier alpha value is -6.16. The Morgan fingerprint density at radius 1 is 0.667 bits per heavy atom. The monoisotopic (exact) mass is 638 g/mol. The Morgan fingerprint density at radius 3 is 1.73 bits per heavy atom. The van der Waals surface area contributed by atoms with E-state index in [1.54, 1.807) is 58.7 Å². The molecule has 0 saturated heterocycles. The zero-order valence-corrected chi connectivity index (χ0v) is 26.1. The van der Waals surface area contributed by atoms with Crippen LogP contribution in [0.2, 0.25) is 0 Å². The molecule has 10 nitrogen and oxygen atoms in total. The van der Waals surface area contributed by atoms with Crippen molar-refractivity contribution in [3.05, 3.63) is 144 Å². The fourth-order valence-corrected chi connectivity index (χ4v) is 5.53. The van der Waals surface area contributed by atoms with Crippen molar-refractivity contribution in [3.63, 3.8) is 0 Å².